The second-order valence-corrected chi connectivity index (χ2v) is 5.93. The molecule has 0 unspecified atom stereocenters. The molecule has 0 aliphatic rings. The lowest BCUT2D eigenvalue weighted by atomic mass is 10.3. The minimum absolute atomic E-state index is 0.0445. The molecule has 1 aromatic carbocycles. The van der Waals surface area contributed by atoms with Crippen LogP contribution in [0.25, 0.3) is 11.0 Å². The third kappa shape index (κ3) is 3.25. The molecule has 0 fully saturated rings. The zero-order chi connectivity index (χ0) is 14.8. The van der Waals surface area contributed by atoms with E-state index in [1.807, 2.05) is 0 Å². The topological polar surface area (TPSA) is 124 Å². The third-order valence-corrected chi connectivity index (χ3v) is 4.05. The molecule has 4 N–H and O–H groups in total. The summed E-state index contributed by atoms with van der Waals surface area (Å²) in [4.78, 5) is 26.8. The SMILES string of the molecule is CC(=O)NCCNS(=O)(=O)c1ccc2[nH]c(=O)[nH]c2c1. The summed E-state index contributed by atoms with van der Waals surface area (Å²) in [6.07, 6.45) is 0. The summed E-state index contributed by atoms with van der Waals surface area (Å²) in [6.45, 7) is 1.64. The maximum atomic E-state index is 12.0. The van der Waals surface area contributed by atoms with Gasteiger partial charge >= 0.3 is 5.69 Å². The number of aromatic amines is 2. The van der Waals surface area contributed by atoms with E-state index in [0.717, 1.165) is 0 Å². The van der Waals surface area contributed by atoms with Gasteiger partial charge in [0.2, 0.25) is 15.9 Å². The average molecular weight is 298 g/mol. The first-order valence-corrected chi connectivity index (χ1v) is 7.33. The van der Waals surface area contributed by atoms with Gasteiger partial charge in [0.15, 0.2) is 0 Å². The van der Waals surface area contributed by atoms with Gasteiger partial charge < -0.3 is 15.3 Å². The highest BCUT2D eigenvalue weighted by Crippen LogP contribution is 2.14. The number of fused-ring (bicyclic) bond motifs is 1. The van der Waals surface area contributed by atoms with Crippen molar-refractivity contribution in [3.8, 4) is 0 Å². The highest BCUT2D eigenvalue weighted by Gasteiger charge is 2.14. The predicted molar refractivity (Wildman–Crippen MR) is 72.8 cm³/mol. The van der Waals surface area contributed by atoms with Crippen LogP contribution in [0, 0.1) is 0 Å². The molecular weight excluding hydrogens is 284 g/mol. The highest BCUT2D eigenvalue weighted by molar-refractivity contribution is 7.89. The van der Waals surface area contributed by atoms with Crippen molar-refractivity contribution < 1.29 is 13.2 Å². The summed E-state index contributed by atoms with van der Waals surface area (Å²) in [5, 5.41) is 2.48. The average Bonchev–Trinajstić information content (AvgIpc) is 2.73. The maximum Gasteiger partial charge on any atom is 0.323 e. The number of hydrogen-bond donors (Lipinski definition) is 4. The van der Waals surface area contributed by atoms with E-state index in [0.29, 0.717) is 11.0 Å². The number of nitrogens with one attached hydrogen (secondary N) is 4. The normalized spacial score (nSPS) is 11.7. The molecule has 1 aromatic heterocycles. The number of amides is 1. The van der Waals surface area contributed by atoms with E-state index in [-0.39, 0.29) is 23.9 Å². The van der Waals surface area contributed by atoms with E-state index in [1.54, 1.807) is 0 Å². The molecule has 0 aliphatic heterocycles. The Morgan fingerprint density at radius 2 is 1.90 bits per heavy atom. The van der Waals surface area contributed by atoms with Gasteiger partial charge in [-0.1, -0.05) is 0 Å². The van der Waals surface area contributed by atoms with E-state index in [4.69, 9.17) is 0 Å². The molecule has 0 spiro atoms. The van der Waals surface area contributed by atoms with E-state index >= 15 is 0 Å². The number of rotatable bonds is 5. The van der Waals surface area contributed by atoms with Crippen LogP contribution in [-0.4, -0.2) is 37.4 Å². The zero-order valence-corrected chi connectivity index (χ0v) is 11.5. The lowest BCUT2D eigenvalue weighted by Gasteiger charge is -2.07. The van der Waals surface area contributed by atoms with Crippen molar-refractivity contribution >= 4 is 27.0 Å². The summed E-state index contributed by atoms with van der Waals surface area (Å²) >= 11 is 0. The molecule has 0 bridgehead atoms. The van der Waals surface area contributed by atoms with Crippen LogP contribution in [0.5, 0.6) is 0 Å². The first-order chi connectivity index (χ1) is 9.38. The van der Waals surface area contributed by atoms with Crippen LogP contribution in [0.4, 0.5) is 0 Å². The van der Waals surface area contributed by atoms with Gasteiger partial charge in [0.1, 0.15) is 0 Å². The second-order valence-electron chi connectivity index (χ2n) is 4.17. The predicted octanol–water partition coefficient (Wildman–Crippen LogP) is -0.729. The number of H-pyrrole nitrogens is 2. The third-order valence-electron chi connectivity index (χ3n) is 2.59. The minimum atomic E-state index is -3.68. The Morgan fingerprint density at radius 1 is 1.20 bits per heavy atom. The summed E-state index contributed by atoms with van der Waals surface area (Å²) < 4.78 is 26.4. The molecule has 0 saturated carbocycles. The van der Waals surface area contributed by atoms with Crippen molar-refractivity contribution in [3.05, 3.63) is 28.7 Å². The van der Waals surface area contributed by atoms with Crippen molar-refractivity contribution in [2.24, 2.45) is 0 Å². The number of carbonyl (C=O) groups is 1. The Kier molecular flexibility index (Phi) is 3.91. The van der Waals surface area contributed by atoms with E-state index in [2.05, 4.69) is 20.0 Å². The van der Waals surface area contributed by atoms with Gasteiger partial charge in [-0.2, -0.15) is 0 Å². The standard InChI is InChI=1S/C11H14N4O4S/c1-7(16)12-4-5-13-20(18,19)8-2-3-9-10(6-8)15-11(17)14-9/h2-3,6,13H,4-5H2,1H3,(H,12,16)(H2,14,15,17). The van der Waals surface area contributed by atoms with Gasteiger partial charge in [0, 0.05) is 20.0 Å². The first kappa shape index (κ1) is 14.3. The fourth-order valence-corrected chi connectivity index (χ4v) is 2.74. The molecule has 9 heteroatoms. The molecule has 0 radical (unpaired) electrons. The van der Waals surface area contributed by atoms with Gasteiger partial charge in [-0.05, 0) is 18.2 Å². The number of imidazole rings is 1. The number of sulfonamides is 1. The van der Waals surface area contributed by atoms with Crippen molar-refractivity contribution in [2.75, 3.05) is 13.1 Å². The lowest BCUT2D eigenvalue weighted by Crippen LogP contribution is -2.33. The minimum Gasteiger partial charge on any atom is -0.355 e. The molecule has 0 atom stereocenters. The van der Waals surface area contributed by atoms with Crippen LogP contribution in [0.3, 0.4) is 0 Å². The summed E-state index contributed by atoms with van der Waals surface area (Å²) in [5.74, 6) is -0.226. The number of benzene rings is 1. The number of aromatic nitrogens is 2. The van der Waals surface area contributed by atoms with Gasteiger partial charge in [0.05, 0.1) is 15.9 Å². The van der Waals surface area contributed by atoms with E-state index in [1.165, 1.54) is 25.1 Å². The largest absolute Gasteiger partial charge is 0.355 e. The molecule has 1 heterocycles. The molecule has 20 heavy (non-hydrogen) atoms. The van der Waals surface area contributed by atoms with Crippen LogP contribution in [0.1, 0.15) is 6.92 Å². The van der Waals surface area contributed by atoms with Gasteiger partial charge in [-0.3, -0.25) is 4.79 Å². The first-order valence-electron chi connectivity index (χ1n) is 5.84. The Morgan fingerprint density at radius 3 is 2.60 bits per heavy atom. The quantitative estimate of drug-likeness (QED) is 0.543. The fourth-order valence-electron chi connectivity index (χ4n) is 1.69. The number of hydrogen-bond acceptors (Lipinski definition) is 4. The van der Waals surface area contributed by atoms with Crippen molar-refractivity contribution in [1.82, 2.24) is 20.0 Å². The van der Waals surface area contributed by atoms with Gasteiger partial charge in [-0.15, -0.1) is 0 Å². The Balaban J connectivity index is 2.14. The van der Waals surface area contributed by atoms with Crippen molar-refractivity contribution in [3.63, 3.8) is 0 Å². The number of carbonyl (C=O) groups excluding carboxylic acids is 1. The summed E-state index contributed by atoms with van der Waals surface area (Å²) in [5.41, 5.74) is 0.556. The highest BCUT2D eigenvalue weighted by atomic mass is 32.2. The van der Waals surface area contributed by atoms with E-state index < -0.39 is 15.7 Å². The van der Waals surface area contributed by atoms with Crippen LogP contribution in [-0.2, 0) is 14.8 Å². The van der Waals surface area contributed by atoms with Crippen LogP contribution < -0.4 is 15.7 Å². The van der Waals surface area contributed by atoms with E-state index in [9.17, 15) is 18.0 Å². The molecule has 0 aliphatic carbocycles. The van der Waals surface area contributed by atoms with Gasteiger partial charge in [-0.25, -0.2) is 17.9 Å². The van der Waals surface area contributed by atoms with Crippen LogP contribution in [0.2, 0.25) is 0 Å². The van der Waals surface area contributed by atoms with Crippen molar-refractivity contribution in [2.45, 2.75) is 11.8 Å². The lowest BCUT2D eigenvalue weighted by molar-refractivity contribution is -0.118. The second kappa shape index (κ2) is 5.47. The van der Waals surface area contributed by atoms with Crippen LogP contribution >= 0.6 is 0 Å². The Labute approximate surface area is 114 Å². The molecule has 2 aromatic rings. The summed E-state index contributed by atoms with van der Waals surface area (Å²) in [6, 6.07) is 4.27. The molecule has 1 amide bonds. The van der Waals surface area contributed by atoms with Gasteiger partial charge in [0.25, 0.3) is 0 Å². The monoisotopic (exact) mass is 298 g/mol. The molecule has 2 rings (SSSR count). The Bertz CT molecular complexity index is 790. The smallest absolute Gasteiger partial charge is 0.323 e. The van der Waals surface area contributed by atoms with Crippen LogP contribution in [0.15, 0.2) is 27.9 Å². The summed E-state index contributed by atoms with van der Waals surface area (Å²) in [7, 11) is -3.68. The van der Waals surface area contributed by atoms with Crippen molar-refractivity contribution in [1.29, 1.82) is 0 Å². The molecule has 0 saturated heterocycles. The molecule has 108 valence electrons. The maximum absolute atomic E-state index is 12.0. The zero-order valence-electron chi connectivity index (χ0n) is 10.7. The Hall–Kier alpha value is -2.13. The molecule has 8 nitrogen and oxygen atoms in total. The fraction of sp³-hybridized carbons (Fsp3) is 0.273. The molecular formula is C11H14N4O4S.